The predicted molar refractivity (Wildman–Crippen MR) is 24.8 cm³/mol. The van der Waals surface area contributed by atoms with Crippen molar-refractivity contribution < 1.29 is 71.2 Å². The molecule has 8 heavy (non-hydrogen) atoms. The third-order valence-electron chi connectivity index (χ3n) is 0.322. The van der Waals surface area contributed by atoms with E-state index in [1.807, 2.05) is 0 Å². The van der Waals surface area contributed by atoms with Gasteiger partial charge in [0.25, 0.3) is 0 Å². The van der Waals surface area contributed by atoms with Gasteiger partial charge < -0.3 is 4.55 Å². The maximum absolute atomic E-state index is 9.60. The molecular weight excluding hydrogens is 202 g/mol. The molecule has 0 fully saturated rings. The van der Waals surface area contributed by atoms with Gasteiger partial charge in [-0.2, -0.15) is 0 Å². The van der Waals surface area contributed by atoms with E-state index in [-0.39, 0.29) is 58.2 Å². The number of rotatable bonds is 2. The summed E-state index contributed by atoms with van der Waals surface area (Å²) in [5.41, 5.74) is 0. The summed E-state index contributed by atoms with van der Waals surface area (Å²) in [6, 6.07) is 0. The zero-order chi connectivity index (χ0) is 5.91. The van der Waals surface area contributed by atoms with Gasteiger partial charge in [-0.05, 0) is 0 Å². The Hall–Kier alpha value is 1.46. The molecule has 0 aromatic rings. The second kappa shape index (κ2) is 5.26. The average molecular weight is 207 g/mol. The van der Waals surface area contributed by atoms with Crippen LogP contribution in [0.5, 0.6) is 0 Å². The summed E-state index contributed by atoms with van der Waals surface area (Å²) >= 11 is 0. The molecule has 0 saturated heterocycles. The van der Waals surface area contributed by atoms with Gasteiger partial charge in [-0.25, -0.2) is 8.42 Å². The minimum Gasteiger partial charge on any atom is -0.748 e. The summed E-state index contributed by atoms with van der Waals surface area (Å²) in [6.07, 6.45) is 1.06. The zero-order valence-electron chi connectivity index (χ0n) is 4.62. The van der Waals surface area contributed by atoms with Gasteiger partial charge in [-0.1, -0.05) is 6.08 Å². The molecule has 0 rings (SSSR count). The Morgan fingerprint density at radius 2 is 2.00 bits per heavy atom. The van der Waals surface area contributed by atoms with Gasteiger partial charge in [-0.15, -0.1) is 6.58 Å². The van der Waals surface area contributed by atoms with Gasteiger partial charge in [-0.3, -0.25) is 0 Å². The van der Waals surface area contributed by atoms with Gasteiger partial charge in [0.05, 0.1) is 15.9 Å². The summed E-state index contributed by atoms with van der Waals surface area (Å²) in [6.45, 7) is 3.07. The molecule has 0 aromatic heterocycles. The molecule has 0 bridgehead atoms. The van der Waals surface area contributed by atoms with E-state index in [1.54, 1.807) is 0 Å². The van der Waals surface area contributed by atoms with E-state index >= 15 is 0 Å². The van der Waals surface area contributed by atoms with Crippen LogP contribution in [0.3, 0.4) is 0 Å². The quantitative estimate of drug-likeness (QED) is 0.352. The van der Waals surface area contributed by atoms with Crippen molar-refractivity contribution >= 4 is 10.1 Å². The first kappa shape index (κ1) is 12.2. The van der Waals surface area contributed by atoms with Crippen LogP contribution in [-0.2, 0) is 10.1 Å². The Labute approximate surface area is 97.7 Å². The van der Waals surface area contributed by atoms with Crippen LogP contribution in [0.1, 0.15) is 0 Å². The Morgan fingerprint density at radius 1 is 1.62 bits per heavy atom. The largest absolute Gasteiger partial charge is 1.00 e. The summed E-state index contributed by atoms with van der Waals surface area (Å²) in [4.78, 5) is 0. The van der Waals surface area contributed by atoms with Gasteiger partial charge in [0.15, 0.2) is 0 Å². The van der Waals surface area contributed by atoms with Crippen LogP contribution in [-0.4, -0.2) is 18.7 Å². The van der Waals surface area contributed by atoms with E-state index in [9.17, 15) is 13.0 Å². The van der Waals surface area contributed by atoms with E-state index < -0.39 is 15.9 Å². The van der Waals surface area contributed by atoms with Crippen molar-refractivity contribution in [2.45, 2.75) is 0 Å². The molecule has 0 saturated carbocycles. The molecule has 0 unspecified atom stereocenters. The van der Waals surface area contributed by atoms with Crippen molar-refractivity contribution in [3.63, 3.8) is 0 Å². The van der Waals surface area contributed by atoms with Crippen LogP contribution in [0.2, 0.25) is 0 Å². The fraction of sp³-hybridized carbons (Fsp3) is 0.333. The van der Waals surface area contributed by atoms with Crippen molar-refractivity contribution in [1.29, 1.82) is 0 Å². The van der Waals surface area contributed by atoms with Crippen molar-refractivity contribution in [2.24, 2.45) is 0 Å². The van der Waals surface area contributed by atoms with Crippen molar-refractivity contribution in [1.82, 2.24) is 0 Å². The smallest absolute Gasteiger partial charge is 0.748 e. The molecule has 0 aliphatic carbocycles. The van der Waals surface area contributed by atoms with Crippen LogP contribution in [0.15, 0.2) is 12.7 Å². The number of hydrogen-bond acceptors (Lipinski definition) is 3. The maximum atomic E-state index is 9.60. The monoisotopic (exact) mass is 206 g/mol. The molecule has 0 aliphatic rings. The molecule has 5 heteroatoms. The topological polar surface area (TPSA) is 57.2 Å². The summed E-state index contributed by atoms with van der Waals surface area (Å²) < 4.78 is 28.8. The molecule has 0 aromatic carbocycles. The Morgan fingerprint density at radius 3 is 2.00 bits per heavy atom. The second-order valence-corrected chi connectivity index (χ2v) is 2.46. The Bertz CT molecular complexity index is 148. The van der Waals surface area contributed by atoms with Gasteiger partial charge in [0.2, 0.25) is 0 Å². The standard InChI is InChI=1S/C3H6O3S.Rb/c1-2-3-7(4,5)6;/h2H,1,3H2,(H,4,5,6);/q;+1/p-1. The first-order chi connectivity index (χ1) is 3.06. The molecule has 0 atom stereocenters. The van der Waals surface area contributed by atoms with Crippen molar-refractivity contribution in [3.8, 4) is 0 Å². The van der Waals surface area contributed by atoms with Crippen LogP contribution >= 0.6 is 0 Å². The average Bonchev–Trinajstić information content (AvgIpc) is 1.30. The maximum Gasteiger partial charge on any atom is 1.00 e. The molecule has 0 amide bonds. The van der Waals surface area contributed by atoms with E-state index in [0.29, 0.717) is 0 Å². The molecule has 0 N–H and O–H groups in total. The van der Waals surface area contributed by atoms with Gasteiger partial charge in [0.1, 0.15) is 0 Å². The summed E-state index contributed by atoms with van der Waals surface area (Å²) in [5.74, 6) is -0.479. The summed E-state index contributed by atoms with van der Waals surface area (Å²) in [7, 11) is -4.04. The third-order valence-corrected chi connectivity index (χ3v) is 0.966. The van der Waals surface area contributed by atoms with Crippen LogP contribution in [0.25, 0.3) is 0 Å². The second-order valence-electron chi connectivity index (χ2n) is 1.01. The molecule has 0 heterocycles. The van der Waals surface area contributed by atoms with E-state index in [4.69, 9.17) is 0 Å². The molecule has 0 aliphatic heterocycles. The normalized spacial score (nSPS) is 9.62. The van der Waals surface area contributed by atoms with Crippen molar-refractivity contribution in [2.75, 3.05) is 5.75 Å². The van der Waals surface area contributed by atoms with Crippen LogP contribution < -0.4 is 58.2 Å². The number of hydrogen-bond donors (Lipinski definition) is 0. The first-order valence-corrected chi connectivity index (χ1v) is 3.18. The van der Waals surface area contributed by atoms with Crippen LogP contribution in [0, 0.1) is 0 Å². The van der Waals surface area contributed by atoms with Crippen molar-refractivity contribution in [3.05, 3.63) is 12.7 Å². The van der Waals surface area contributed by atoms with Gasteiger partial charge >= 0.3 is 58.2 Å². The van der Waals surface area contributed by atoms with E-state index in [1.165, 1.54) is 0 Å². The minimum absolute atomic E-state index is 0. The fourth-order valence-electron chi connectivity index (χ4n) is 0.144. The van der Waals surface area contributed by atoms with Gasteiger partial charge in [0, 0.05) is 0 Å². The minimum atomic E-state index is -4.04. The Kier molecular flexibility index (Phi) is 7.99. The van der Waals surface area contributed by atoms with E-state index in [0.717, 1.165) is 6.08 Å². The molecule has 0 spiro atoms. The third kappa shape index (κ3) is 10.4. The molecule has 42 valence electrons. The van der Waals surface area contributed by atoms with Crippen LogP contribution in [0.4, 0.5) is 0 Å². The fourth-order valence-corrected chi connectivity index (χ4v) is 0.433. The molecule has 3 nitrogen and oxygen atoms in total. The SMILES string of the molecule is C=CCS(=O)(=O)[O-].[Rb+]. The van der Waals surface area contributed by atoms with E-state index in [2.05, 4.69) is 6.58 Å². The first-order valence-electron chi connectivity index (χ1n) is 1.61. The summed E-state index contributed by atoms with van der Waals surface area (Å²) in [5, 5.41) is 0. The zero-order valence-corrected chi connectivity index (χ0v) is 10.4. The Balaban J connectivity index is 0. The predicted octanol–water partition coefficient (Wildman–Crippen LogP) is -3.28. The molecular formula is C3H5O3RbS. The molecule has 0 radical (unpaired) electrons.